The molecule has 0 spiro atoms. The number of amides is 2. The quantitative estimate of drug-likeness (QED) is 0.545. The van der Waals surface area contributed by atoms with Crippen molar-refractivity contribution < 1.29 is 9.59 Å². The van der Waals surface area contributed by atoms with Crippen molar-refractivity contribution in [2.45, 2.75) is 12.8 Å². The lowest BCUT2D eigenvalue weighted by Crippen LogP contribution is -2.31. The molecule has 2 amide bonds. The number of nitrogens with zero attached hydrogens (tertiary/aromatic N) is 3. The van der Waals surface area contributed by atoms with E-state index in [0.717, 1.165) is 19.4 Å². The van der Waals surface area contributed by atoms with Crippen molar-refractivity contribution in [3.05, 3.63) is 71.8 Å². The Kier molecular flexibility index (Phi) is 6.97. The molecule has 0 aliphatic heterocycles. The standard InChI is InChI=1S/C22H27N5O2/c1-26(2)16-14-24-21(28)19-18-12-6-7-15-27(18)20(25-19)22(29)23-13-8-11-17-9-4-3-5-10-17/h3-7,9-10,12,15H,8,11,13-14,16H2,1-2H3,(H,23,29)(H,24,28). The first-order chi connectivity index (χ1) is 14.1. The van der Waals surface area contributed by atoms with Gasteiger partial charge in [-0.2, -0.15) is 0 Å². The molecule has 0 aliphatic carbocycles. The molecule has 3 rings (SSSR count). The van der Waals surface area contributed by atoms with Gasteiger partial charge in [0.15, 0.2) is 5.69 Å². The molecule has 2 N–H and O–H groups in total. The monoisotopic (exact) mass is 393 g/mol. The Morgan fingerprint density at radius 1 is 0.966 bits per heavy atom. The van der Waals surface area contributed by atoms with Gasteiger partial charge < -0.3 is 15.5 Å². The molecule has 152 valence electrons. The third kappa shape index (κ3) is 5.42. The number of hydrogen-bond donors (Lipinski definition) is 2. The van der Waals surface area contributed by atoms with Crippen LogP contribution >= 0.6 is 0 Å². The molecule has 1 aromatic carbocycles. The summed E-state index contributed by atoms with van der Waals surface area (Å²) >= 11 is 0. The predicted molar refractivity (Wildman–Crippen MR) is 113 cm³/mol. The van der Waals surface area contributed by atoms with Crippen molar-refractivity contribution in [1.82, 2.24) is 24.9 Å². The zero-order chi connectivity index (χ0) is 20.6. The molecule has 0 atom stereocenters. The van der Waals surface area contributed by atoms with Crippen LogP contribution in [0.1, 0.15) is 33.1 Å². The smallest absolute Gasteiger partial charge is 0.287 e. The Balaban J connectivity index is 1.65. The van der Waals surface area contributed by atoms with Crippen LogP contribution in [0.4, 0.5) is 0 Å². The maximum absolute atomic E-state index is 12.7. The number of aryl methyl sites for hydroxylation is 1. The van der Waals surface area contributed by atoms with Gasteiger partial charge in [-0.25, -0.2) is 4.98 Å². The highest BCUT2D eigenvalue weighted by Gasteiger charge is 2.21. The van der Waals surface area contributed by atoms with Gasteiger partial charge >= 0.3 is 0 Å². The first-order valence-corrected chi connectivity index (χ1v) is 9.78. The van der Waals surface area contributed by atoms with Gasteiger partial charge in [0.1, 0.15) is 0 Å². The van der Waals surface area contributed by atoms with Gasteiger partial charge in [0.05, 0.1) is 5.52 Å². The fourth-order valence-corrected chi connectivity index (χ4v) is 3.06. The summed E-state index contributed by atoms with van der Waals surface area (Å²) in [6.45, 7) is 1.78. The van der Waals surface area contributed by atoms with E-state index in [2.05, 4.69) is 27.8 Å². The fraction of sp³-hybridized carbons (Fsp3) is 0.318. The molecule has 2 heterocycles. The minimum absolute atomic E-state index is 0.220. The van der Waals surface area contributed by atoms with Crippen LogP contribution in [-0.4, -0.2) is 59.8 Å². The lowest BCUT2D eigenvalue weighted by molar-refractivity contribution is 0.0942. The molecule has 0 bridgehead atoms. The number of pyridine rings is 1. The van der Waals surface area contributed by atoms with Crippen LogP contribution in [0, 0.1) is 0 Å². The van der Waals surface area contributed by atoms with Crippen molar-refractivity contribution in [2.24, 2.45) is 0 Å². The van der Waals surface area contributed by atoms with E-state index in [1.165, 1.54) is 5.56 Å². The molecule has 0 saturated heterocycles. The maximum Gasteiger partial charge on any atom is 0.287 e. The molecule has 7 nitrogen and oxygen atoms in total. The lowest BCUT2D eigenvalue weighted by atomic mass is 10.1. The van der Waals surface area contributed by atoms with Crippen LogP contribution in [0.15, 0.2) is 54.7 Å². The number of aromatic nitrogens is 2. The van der Waals surface area contributed by atoms with Crippen molar-refractivity contribution in [1.29, 1.82) is 0 Å². The Hall–Kier alpha value is -3.19. The fourth-order valence-electron chi connectivity index (χ4n) is 3.06. The SMILES string of the molecule is CN(C)CCNC(=O)c1nc(C(=O)NCCCc2ccccc2)n2ccccc12. The number of carbonyl (C=O) groups is 2. The van der Waals surface area contributed by atoms with E-state index in [1.807, 2.05) is 49.3 Å². The van der Waals surface area contributed by atoms with E-state index in [1.54, 1.807) is 16.7 Å². The number of nitrogens with one attached hydrogen (secondary N) is 2. The normalized spacial score (nSPS) is 11.0. The van der Waals surface area contributed by atoms with Gasteiger partial charge in [0.2, 0.25) is 5.82 Å². The van der Waals surface area contributed by atoms with Crippen LogP contribution in [-0.2, 0) is 6.42 Å². The summed E-state index contributed by atoms with van der Waals surface area (Å²) < 4.78 is 1.66. The molecule has 29 heavy (non-hydrogen) atoms. The number of carbonyl (C=O) groups excluding carboxylic acids is 2. The number of imidazole rings is 1. The summed E-state index contributed by atoms with van der Waals surface area (Å²) in [5.41, 5.74) is 2.12. The topological polar surface area (TPSA) is 78.7 Å². The third-order valence-corrected chi connectivity index (χ3v) is 4.58. The molecule has 0 aliphatic rings. The Bertz CT molecular complexity index is 966. The lowest BCUT2D eigenvalue weighted by Gasteiger charge is -2.09. The molecule has 0 fully saturated rings. The number of rotatable bonds is 9. The van der Waals surface area contributed by atoms with Crippen molar-refractivity contribution in [3.63, 3.8) is 0 Å². The number of hydrogen-bond acceptors (Lipinski definition) is 4. The molecular weight excluding hydrogens is 366 g/mol. The van der Waals surface area contributed by atoms with E-state index in [9.17, 15) is 9.59 Å². The summed E-state index contributed by atoms with van der Waals surface area (Å²) in [6, 6.07) is 15.6. The first kappa shape index (κ1) is 20.5. The van der Waals surface area contributed by atoms with Crippen molar-refractivity contribution in [2.75, 3.05) is 33.7 Å². The maximum atomic E-state index is 12.7. The van der Waals surface area contributed by atoms with Gasteiger partial charge in [-0.3, -0.25) is 14.0 Å². The van der Waals surface area contributed by atoms with E-state index in [-0.39, 0.29) is 23.3 Å². The average molecular weight is 393 g/mol. The second-order valence-corrected chi connectivity index (χ2v) is 7.14. The van der Waals surface area contributed by atoms with Gasteiger partial charge in [0.25, 0.3) is 11.8 Å². The highest BCUT2D eigenvalue weighted by atomic mass is 16.2. The second kappa shape index (κ2) is 9.84. The summed E-state index contributed by atoms with van der Waals surface area (Å²) in [4.78, 5) is 31.6. The first-order valence-electron chi connectivity index (χ1n) is 9.78. The van der Waals surface area contributed by atoms with Gasteiger partial charge in [-0.1, -0.05) is 36.4 Å². The van der Waals surface area contributed by atoms with E-state index in [4.69, 9.17) is 0 Å². The molecule has 2 aromatic heterocycles. The van der Waals surface area contributed by atoms with Crippen LogP contribution in [0.3, 0.4) is 0 Å². The minimum atomic E-state index is -0.286. The molecule has 7 heteroatoms. The second-order valence-electron chi connectivity index (χ2n) is 7.14. The van der Waals surface area contributed by atoms with Gasteiger partial charge in [0, 0.05) is 25.8 Å². The average Bonchev–Trinajstić information content (AvgIpc) is 3.11. The number of benzene rings is 1. The largest absolute Gasteiger partial charge is 0.349 e. The molecule has 0 radical (unpaired) electrons. The summed E-state index contributed by atoms with van der Waals surface area (Å²) in [7, 11) is 3.89. The van der Waals surface area contributed by atoms with Gasteiger partial charge in [-0.15, -0.1) is 0 Å². The number of likely N-dealkylation sites (N-methyl/N-ethyl adjacent to an activating group) is 1. The van der Waals surface area contributed by atoms with Crippen LogP contribution in [0.25, 0.3) is 5.52 Å². The van der Waals surface area contributed by atoms with Crippen LogP contribution < -0.4 is 10.6 Å². The molecular formula is C22H27N5O2. The van der Waals surface area contributed by atoms with Crippen molar-refractivity contribution >= 4 is 17.3 Å². The highest BCUT2D eigenvalue weighted by Crippen LogP contribution is 2.13. The van der Waals surface area contributed by atoms with E-state index in [0.29, 0.717) is 18.6 Å². The summed E-state index contributed by atoms with van der Waals surface area (Å²) in [6.07, 6.45) is 3.47. The van der Waals surface area contributed by atoms with Crippen molar-refractivity contribution in [3.8, 4) is 0 Å². The van der Waals surface area contributed by atoms with Crippen LogP contribution in [0.2, 0.25) is 0 Å². The third-order valence-electron chi connectivity index (χ3n) is 4.58. The zero-order valence-corrected chi connectivity index (χ0v) is 16.9. The minimum Gasteiger partial charge on any atom is -0.349 e. The van der Waals surface area contributed by atoms with Gasteiger partial charge in [-0.05, 0) is 44.6 Å². The summed E-state index contributed by atoms with van der Waals surface area (Å²) in [5, 5.41) is 5.77. The number of fused-ring (bicyclic) bond motifs is 1. The highest BCUT2D eigenvalue weighted by molar-refractivity contribution is 6.02. The molecule has 0 unspecified atom stereocenters. The van der Waals surface area contributed by atoms with Crippen LogP contribution in [0.5, 0.6) is 0 Å². The Morgan fingerprint density at radius 3 is 2.45 bits per heavy atom. The predicted octanol–water partition coefficient (Wildman–Crippen LogP) is 1.99. The molecule has 0 saturated carbocycles. The molecule has 3 aromatic rings. The Labute approximate surface area is 170 Å². The van der Waals surface area contributed by atoms with E-state index < -0.39 is 0 Å². The van der Waals surface area contributed by atoms with E-state index >= 15 is 0 Å². The Morgan fingerprint density at radius 2 is 1.69 bits per heavy atom. The summed E-state index contributed by atoms with van der Waals surface area (Å²) in [5.74, 6) is -0.344. The zero-order valence-electron chi connectivity index (χ0n) is 16.9.